The number of carbonyl (C=O) groups is 4. The Labute approximate surface area is 644 Å². The van der Waals surface area contributed by atoms with Gasteiger partial charge in [0.2, 0.25) is 0 Å². The molecule has 0 radical (unpaired) electrons. The summed E-state index contributed by atoms with van der Waals surface area (Å²) in [6, 6.07) is 78.8. The Morgan fingerprint density at radius 2 is 0.518 bits per heavy atom. The van der Waals surface area contributed by atoms with Gasteiger partial charge in [0.15, 0.2) is 74.7 Å². The topological polar surface area (TPSA) is 273 Å². The molecule has 9 aromatic carbocycles. The second-order valence-electron chi connectivity index (χ2n) is 27.9. The fourth-order valence-corrected chi connectivity index (χ4v) is 15.0. The van der Waals surface area contributed by atoms with E-state index in [0.29, 0.717) is 22.3 Å². The fraction of sp³-hybridized carbons (Fsp3) is 0.333. The molecule has 25 nitrogen and oxygen atoms in total. The summed E-state index contributed by atoms with van der Waals surface area (Å²) in [6.45, 7) is -0.715. The second kappa shape index (κ2) is 34.7. The number of benzene rings is 9. The third kappa shape index (κ3) is 16.7. The first-order chi connectivity index (χ1) is 55.1. The van der Waals surface area contributed by atoms with Crippen molar-refractivity contribution >= 4 is 23.9 Å². The highest BCUT2D eigenvalue weighted by molar-refractivity contribution is 5.91. The average Bonchev–Trinajstić information content (AvgIpc) is 0.747. The summed E-state index contributed by atoms with van der Waals surface area (Å²) in [4.78, 5) is 60.3. The minimum atomic E-state index is -1.86. The molecule has 1 N–H and O–H groups in total. The van der Waals surface area contributed by atoms with E-state index in [9.17, 15) is 14.7 Å². The maximum atomic E-state index is 15.4. The Balaban J connectivity index is 0.796. The summed E-state index contributed by atoms with van der Waals surface area (Å²) >= 11 is 0. The first-order valence-electron chi connectivity index (χ1n) is 37.3. The number of aliphatic hydroxyl groups is 1. The maximum absolute atomic E-state index is 15.4. The van der Waals surface area contributed by atoms with Crippen LogP contribution in [0.1, 0.15) is 94.4 Å². The van der Waals surface area contributed by atoms with Gasteiger partial charge in [0.25, 0.3) is 0 Å². The number of fused-ring (bicyclic) bond motifs is 4. The van der Waals surface area contributed by atoms with E-state index in [-0.39, 0.29) is 55.3 Å². The molecule has 12 unspecified atom stereocenters. The minimum absolute atomic E-state index is 0.0312. The zero-order valence-corrected chi connectivity index (χ0v) is 60.1. The van der Waals surface area contributed by atoms with Crippen LogP contribution < -0.4 is 0 Å². The van der Waals surface area contributed by atoms with Gasteiger partial charge in [0, 0.05) is 22.3 Å². The third-order valence-electron chi connectivity index (χ3n) is 20.6. The van der Waals surface area contributed by atoms with Gasteiger partial charge in [-0.1, -0.05) is 224 Å². The molecular formula is C87H80O25. The molecule has 0 aromatic heterocycles. The van der Waals surface area contributed by atoms with Gasteiger partial charge in [-0.15, -0.1) is 0 Å². The second-order valence-corrected chi connectivity index (χ2v) is 27.9. The molecule has 8 aliphatic heterocycles. The molecule has 9 aromatic rings. The average molecular weight is 1530 g/mol. The Bertz CT molecular complexity index is 4550. The van der Waals surface area contributed by atoms with E-state index in [1.807, 2.05) is 152 Å². The predicted molar refractivity (Wildman–Crippen MR) is 389 cm³/mol. The molecule has 0 spiro atoms. The van der Waals surface area contributed by atoms with Gasteiger partial charge >= 0.3 is 23.9 Å². The zero-order valence-electron chi connectivity index (χ0n) is 60.1. The number of hydrogen-bond acceptors (Lipinski definition) is 25. The summed E-state index contributed by atoms with van der Waals surface area (Å²) in [7, 11) is 0. The van der Waals surface area contributed by atoms with Crippen molar-refractivity contribution in [3.05, 3.63) is 323 Å². The monoisotopic (exact) mass is 1520 g/mol. The van der Waals surface area contributed by atoms with Gasteiger partial charge in [-0.2, -0.15) is 0 Å². The van der Waals surface area contributed by atoms with Gasteiger partial charge in [-0.05, 0) is 54.1 Å². The molecule has 24 atom stereocenters. The Morgan fingerprint density at radius 3 is 0.830 bits per heavy atom. The van der Waals surface area contributed by atoms with Gasteiger partial charge < -0.3 is 99.8 Å². The highest BCUT2D eigenvalue weighted by Gasteiger charge is 2.63. The van der Waals surface area contributed by atoms with E-state index in [4.69, 9.17) is 94.7 Å². The standard InChI is InChI=1S/C87H80O25/c88-64-65-60(47-94-80(106-65)56-38-20-6-21-39-56)99-85(69(64)102-76(89)52-30-12-2-13-31-52)110-71-67-62(49-96-82(108-67)58-42-24-8-25-43-58)101-87(74(71)104-78(91)54-34-16-4-17-35-54)112-72-68-63(50-97-83(109-68)59-44-26-9-27-45-59)100-86(75(72)105-79(92)55-36-18-5-19-37-55)111-70-66-61(48-95-81(107-66)57-40-22-7-23-41-57)98-84(93-46-51-28-10-1-11-29-51)73(70)103-77(90)53-32-14-3-15-33-53/h1-45,60-75,80-88H,46-50H2/t60?,61?,62?,63?,64-,65+,66+,67+,68+,69?,70-,71-,72-,73?,74?,75?,80?,81?,82?,83?,84+,85-,86-,87-/m0/s1. The number of rotatable bonds is 21. The number of aliphatic hydroxyl groups excluding tert-OH is 1. The van der Waals surface area contributed by atoms with Crippen LogP contribution in [0.2, 0.25) is 0 Å². The molecule has 25 heteroatoms. The van der Waals surface area contributed by atoms with Crippen LogP contribution >= 0.6 is 0 Å². The fourth-order valence-electron chi connectivity index (χ4n) is 15.0. The van der Waals surface area contributed by atoms with Crippen molar-refractivity contribution in [2.24, 2.45) is 0 Å². The molecule has 17 rings (SSSR count). The molecule has 0 saturated carbocycles. The van der Waals surface area contributed by atoms with Gasteiger partial charge in [-0.3, -0.25) is 0 Å². The van der Waals surface area contributed by atoms with Crippen LogP contribution in [-0.4, -0.2) is 178 Å². The van der Waals surface area contributed by atoms with E-state index >= 15 is 9.59 Å². The molecule has 578 valence electrons. The molecule has 112 heavy (non-hydrogen) atoms. The Kier molecular flexibility index (Phi) is 23.2. The van der Waals surface area contributed by atoms with E-state index in [1.165, 1.54) is 0 Å². The largest absolute Gasteiger partial charge is 0.450 e. The number of esters is 4. The normalized spacial score (nSPS) is 32.8. The van der Waals surface area contributed by atoms with Gasteiger partial charge in [0.05, 0.1) is 55.3 Å². The molecule has 8 saturated heterocycles. The van der Waals surface area contributed by atoms with Gasteiger partial charge in [0.1, 0.15) is 73.2 Å². The van der Waals surface area contributed by atoms with E-state index in [1.54, 1.807) is 121 Å². The van der Waals surface area contributed by atoms with Crippen LogP contribution in [0.5, 0.6) is 0 Å². The lowest BCUT2D eigenvalue weighted by Gasteiger charge is -2.54. The van der Waals surface area contributed by atoms with E-state index in [2.05, 4.69) is 0 Å². The Hall–Kier alpha value is -9.82. The molecule has 0 amide bonds. The summed E-state index contributed by atoms with van der Waals surface area (Å²) in [5, 5.41) is 12.9. The van der Waals surface area contributed by atoms with Crippen molar-refractivity contribution in [2.75, 3.05) is 26.4 Å². The lowest BCUT2D eigenvalue weighted by atomic mass is 9.93. The minimum Gasteiger partial charge on any atom is -0.450 e. The van der Waals surface area contributed by atoms with Crippen LogP contribution in [-0.2, 0) is 101 Å². The highest BCUT2D eigenvalue weighted by Crippen LogP contribution is 2.46. The lowest BCUT2D eigenvalue weighted by Crippen LogP contribution is -2.71. The summed E-state index contributed by atoms with van der Waals surface area (Å²) in [5.41, 5.74) is 3.73. The van der Waals surface area contributed by atoms with Crippen molar-refractivity contribution in [2.45, 2.75) is 155 Å². The summed E-state index contributed by atoms with van der Waals surface area (Å²) in [6.07, 6.45) is -33.8. The van der Waals surface area contributed by atoms with Crippen LogP contribution in [0.25, 0.3) is 0 Å². The summed E-state index contributed by atoms with van der Waals surface area (Å²) < 4.78 is 137. The van der Waals surface area contributed by atoms with Crippen LogP contribution in [0.3, 0.4) is 0 Å². The van der Waals surface area contributed by atoms with Crippen molar-refractivity contribution in [3.8, 4) is 0 Å². The smallest absolute Gasteiger partial charge is 0.338 e. The Morgan fingerprint density at radius 1 is 0.277 bits per heavy atom. The van der Waals surface area contributed by atoms with Crippen molar-refractivity contribution < 1.29 is 119 Å². The van der Waals surface area contributed by atoms with Crippen LogP contribution in [0, 0.1) is 0 Å². The van der Waals surface area contributed by atoms with E-state index < -0.39 is 172 Å². The molecule has 8 heterocycles. The van der Waals surface area contributed by atoms with Crippen molar-refractivity contribution in [1.82, 2.24) is 0 Å². The van der Waals surface area contributed by atoms with Gasteiger partial charge in [-0.25, -0.2) is 19.2 Å². The molecule has 8 fully saturated rings. The third-order valence-corrected chi connectivity index (χ3v) is 20.6. The number of hydrogen-bond donors (Lipinski definition) is 1. The quantitative estimate of drug-likeness (QED) is 0.0517. The molecular weight excluding hydrogens is 1440 g/mol. The number of carbonyl (C=O) groups excluding carboxylic acids is 4. The molecule has 0 aliphatic carbocycles. The van der Waals surface area contributed by atoms with Crippen LogP contribution in [0.4, 0.5) is 0 Å². The SMILES string of the molecule is O=C(OC1[C@H](O[C@@H]2C(OC(=O)c3ccccc3)[C@H](O[C@@H]3C(OC(=O)c4ccccc4)[C@H](O[C@@H]4C(OC(=O)c5ccccc5)[C@H](OCc5ccccc5)OC5COC(c6ccccc6)O[C@H]54)OC4COC(c5ccccc5)O[C@H]43)OC3COC(c4ccccc4)O[C@H]32)OC2COC(c3ccccc3)O[C@H]2[C@@H]1O)c1ccccc1. The predicted octanol–water partition coefficient (Wildman–Crippen LogP) is 11.0. The van der Waals surface area contributed by atoms with Crippen molar-refractivity contribution in [3.63, 3.8) is 0 Å². The van der Waals surface area contributed by atoms with E-state index in [0.717, 1.165) is 5.56 Å². The molecule has 8 aliphatic rings. The highest BCUT2D eigenvalue weighted by atomic mass is 16.8. The van der Waals surface area contributed by atoms with Crippen LogP contribution in [0.15, 0.2) is 273 Å². The zero-order chi connectivity index (χ0) is 75.9. The van der Waals surface area contributed by atoms with Crippen molar-refractivity contribution in [1.29, 1.82) is 0 Å². The number of ether oxygens (including phenoxy) is 20. The maximum Gasteiger partial charge on any atom is 0.338 e. The lowest BCUT2D eigenvalue weighted by molar-refractivity contribution is -0.427. The first-order valence-corrected chi connectivity index (χ1v) is 37.3. The molecule has 0 bridgehead atoms. The summed E-state index contributed by atoms with van der Waals surface area (Å²) in [5.74, 6) is -3.42. The first kappa shape index (κ1) is 74.9.